The van der Waals surface area contributed by atoms with Crippen LogP contribution in [0.4, 0.5) is 4.39 Å². The van der Waals surface area contributed by atoms with E-state index in [0.717, 1.165) is 42.6 Å². The zero-order valence-electron chi connectivity index (χ0n) is 16.3. The lowest BCUT2D eigenvalue weighted by Gasteiger charge is -2.14. The molecule has 2 heterocycles. The smallest absolute Gasteiger partial charge is 0.336 e. The third-order valence-electron chi connectivity index (χ3n) is 5.41. The first-order valence-corrected chi connectivity index (χ1v) is 10.6. The number of halogens is 1. The summed E-state index contributed by atoms with van der Waals surface area (Å²) in [6.45, 7) is 1.32. The second-order valence-corrected chi connectivity index (χ2v) is 8.84. The molecule has 0 bridgehead atoms. The van der Waals surface area contributed by atoms with Crippen molar-refractivity contribution in [2.75, 3.05) is 20.6 Å². The molecule has 1 aromatic carbocycles. The molecule has 0 aliphatic heterocycles. The number of rotatable bonds is 4. The zero-order valence-corrected chi connectivity index (χ0v) is 17.1. The molecule has 0 spiro atoms. The van der Waals surface area contributed by atoms with Gasteiger partial charge in [0.25, 0.3) is 5.56 Å². The van der Waals surface area contributed by atoms with Gasteiger partial charge in [0.05, 0.1) is 38.3 Å². The predicted octanol–water partition coefficient (Wildman–Crippen LogP) is 1.77. The summed E-state index contributed by atoms with van der Waals surface area (Å²) in [6, 6.07) is 5.56. The minimum Gasteiger partial charge on any atom is -0.338 e. The van der Waals surface area contributed by atoms with Crippen molar-refractivity contribution in [3.05, 3.63) is 61.4 Å². The minimum atomic E-state index is -0.390. The summed E-state index contributed by atoms with van der Waals surface area (Å²) in [5, 5.41) is 0.680. The number of hydrogen-bond acceptors (Lipinski definition) is 3. The van der Waals surface area contributed by atoms with Gasteiger partial charge in [-0.3, -0.25) is 9.36 Å². The number of aromatic nitrogens is 2. The van der Waals surface area contributed by atoms with Gasteiger partial charge >= 0.3 is 5.69 Å². The Balaban J connectivity index is 2.03. The van der Waals surface area contributed by atoms with E-state index in [0.29, 0.717) is 17.6 Å². The maximum atomic E-state index is 13.4. The molecule has 0 unspecified atom stereocenters. The molecule has 2 aromatic heterocycles. The average Bonchev–Trinajstić information content (AvgIpc) is 2.86. The van der Waals surface area contributed by atoms with Gasteiger partial charge in [-0.2, -0.15) is 0 Å². The van der Waals surface area contributed by atoms with Crippen molar-refractivity contribution >= 4 is 21.6 Å². The van der Waals surface area contributed by atoms with Crippen LogP contribution >= 0.6 is 11.3 Å². The lowest BCUT2D eigenvalue weighted by molar-refractivity contribution is -0.858. The minimum absolute atomic E-state index is 0.278. The van der Waals surface area contributed by atoms with Gasteiger partial charge in [-0.15, -0.1) is 11.3 Å². The third-order valence-corrected chi connectivity index (χ3v) is 6.72. The molecule has 148 valence electrons. The number of thiophene rings is 1. The summed E-state index contributed by atoms with van der Waals surface area (Å²) in [5.74, 6) is -0.390. The Morgan fingerprint density at radius 3 is 2.50 bits per heavy atom. The highest BCUT2D eigenvalue weighted by Crippen LogP contribution is 2.33. The van der Waals surface area contributed by atoms with Crippen LogP contribution in [0.25, 0.3) is 15.9 Å². The van der Waals surface area contributed by atoms with Gasteiger partial charge in [-0.1, -0.05) is 6.42 Å². The van der Waals surface area contributed by atoms with Gasteiger partial charge in [0.15, 0.2) is 0 Å². The van der Waals surface area contributed by atoms with Crippen molar-refractivity contribution in [1.82, 2.24) is 9.13 Å². The van der Waals surface area contributed by atoms with E-state index in [1.165, 1.54) is 45.0 Å². The molecule has 3 aromatic rings. The molecule has 0 atom stereocenters. The largest absolute Gasteiger partial charge is 0.338 e. The highest BCUT2D eigenvalue weighted by Gasteiger charge is 2.23. The van der Waals surface area contributed by atoms with Gasteiger partial charge in [0, 0.05) is 4.88 Å². The summed E-state index contributed by atoms with van der Waals surface area (Å²) in [5.41, 5.74) is 0.906. The zero-order chi connectivity index (χ0) is 19.8. The molecule has 4 rings (SSSR count). The fourth-order valence-electron chi connectivity index (χ4n) is 3.90. The van der Waals surface area contributed by atoms with E-state index in [4.69, 9.17) is 0 Å². The van der Waals surface area contributed by atoms with Crippen molar-refractivity contribution in [1.29, 1.82) is 0 Å². The third kappa shape index (κ3) is 3.33. The lowest BCUT2D eigenvalue weighted by atomic mass is 10.1. The van der Waals surface area contributed by atoms with Crippen LogP contribution in [0.5, 0.6) is 0 Å². The fraction of sp³-hybridized carbons (Fsp3) is 0.429. The summed E-state index contributed by atoms with van der Waals surface area (Å²) in [4.78, 5) is 30.0. The maximum Gasteiger partial charge on any atom is 0.336 e. The molecular formula is C21H25FN3O2S+. The molecule has 0 radical (unpaired) electrons. The Bertz CT molecular complexity index is 1130. The standard InChI is InChI=1S/C21H24FN3O2S/c1-23(2)12-13-24-20-18(16-6-4-3-5-7-17(16)28-20)19(26)25(21(24)27)15-10-8-14(22)9-11-15/h8-11H,3-7,12-13H2,1-2H3/p+1. The highest BCUT2D eigenvalue weighted by molar-refractivity contribution is 7.18. The number of benzene rings is 1. The van der Waals surface area contributed by atoms with Crippen LogP contribution in [-0.2, 0) is 19.4 Å². The summed E-state index contributed by atoms with van der Waals surface area (Å²) in [6.07, 6.45) is 5.20. The first-order chi connectivity index (χ1) is 13.5. The summed E-state index contributed by atoms with van der Waals surface area (Å²) >= 11 is 1.61. The first-order valence-electron chi connectivity index (χ1n) is 9.82. The topological polar surface area (TPSA) is 48.4 Å². The van der Waals surface area contributed by atoms with Crippen LogP contribution in [0.2, 0.25) is 0 Å². The predicted molar refractivity (Wildman–Crippen MR) is 111 cm³/mol. The average molecular weight is 403 g/mol. The molecule has 1 aliphatic rings. The number of aryl methyl sites for hydroxylation is 2. The van der Waals surface area contributed by atoms with Crippen molar-refractivity contribution in [2.24, 2.45) is 0 Å². The Morgan fingerprint density at radius 1 is 1.07 bits per heavy atom. The molecular weight excluding hydrogens is 377 g/mol. The molecule has 7 heteroatoms. The van der Waals surface area contributed by atoms with E-state index in [9.17, 15) is 14.0 Å². The van der Waals surface area contributed by atoms with Crippen molar-refractivity contribution < 1.29 is 9.29 Å². The monoisotopic (exact) mass is 402 g/mol. The number of fused-ring (bicyclic) bond motifs is 3. The Kier molecular flexibility index (Phi) is 5.21. The van der Waals surface area contributed by atoms with Gasteiger partial charge in [-0.05, 0) is 55.5 Å². The second kappa shape index (κ2) is 7.64. The normalized spacial score (nSPS) is 14.4. The van der Waals surface area contributed by atoms with Crippen molar-refractivity contribution in [3.63, 3.8) is 0 Å². The van der Waals surface area contributed by atoms with E-state index in [1.807, 2.05) is 14.1 Å². The van der Waals surface area contributed by atoms with Crippen LogP contribution in [-0.4, -0.2) is 29.8 Å². The van der Waals surface area contributed by atoms with Crippen molar-refractivity contribution in [2.45, 2.75) is 38.6 Å². The van der Waals surface area contributed by atoms with Crippen LogP contribution in [0, 0.1) is 5.82 Å². The van der Waals surface area contributed by atoms with Crippen LogP contribution in [0.1, 0.15) is 29.7 Å². The van der Waals surface area contributed by atoms with Crippen LogP contribution in [0.3, 0.4) is 0 Å². The highest BCUT2D eigenvalue weighted by atomic mass is 32.1. The van der Waals surface area contributed by atoms with Crippen molar-refractivity contribution in [3.8, 4) is 5.69 Å². The maximum absolute atomic E-state index is 13.4. The van der Waals surface area contributed by atoms with E-state index in [-0.39, 0.29) is 17.1 Å². The molecule has 1 aliphatic carbocycles. The van der Waals surface area contributed by atoms with Gasteiger partial charge < -0.3 is 4.90 Å². The van der Waals surface area contributed by atoms with Gasteiger partial charge in [0.2, 0.25) is 0 Å². The van der Waals surface area contributed by atoms with Gasteiger partial charge in [0.1, 0.15) is 10.6 Å². The molecule has 5 nitrogen and oxygen atoms in total. The number of nitrogens with zero attached hydrogens (tertiary/aromatic N) is 2. The summed E-state index contributed by atoms with van der Waals surface area (Å²) in [7, 11) is 4.09. The second-order valence-electron chi connectivity index (χ2n) is 7.75. The van der Waals surface area contributed by atoms with Crippen LogP contribution in [0.15, 0.2) is 33.9 Å². The molecule has 0 saturated carbocycles. The molecule has 0 saturated heterocycles. The lowest BCUT2D eigenvalue weighted by Crippen LogP contribution is -3.06. The van der Waals surface area contributed by atoms with Crippen LogP contribution < -0.4 is 16.1 Å². The van der Waals surface area contributed by atoms with E-state index in [2.05, 4.69) is 0 Å². The first kappa shape index (κ1) is 19.1. The van der Waals surface area contributed by atoms with Gasteiger partial charge in [-0.25, -0.2) is 13.8 Å². The summed E-state index contributed by atoms with van der Waals surface area (Å²) < 4.78 is 16.3. The molecule has 1 N–H and O–H groups in total. The Hall–Kier alpha value is -2.25. The quantitative estimate of drug-likeness (QED) is 0.676. The fourth-order valence-corrected chi connectivity index (χ4v) is 5.29. The van der Waals surface area contributed by atoms with E-state index < -0.39 is 0 Å². The molecule has 28 heavy (non-hydrogen) atoms. The number of hydrogen-bond donors (Lipinski definition) is 1. The molecule has 0 amide bonds. The van der Waals surface area contributed by atoms with E-state index >= 15 is 0 Å². The van der Waals surface area contributed by atoms with E-state index in [1.54, 1.807) is 15.9 Å². The number of quaternary nitrogens is 1. The Labute approximate surface area is 166 Å². The number of likely N-dealkylation sites (N-methyl/N-ethyl adjacent to an activating group) is 1. The SMILES string of the molecule is C[NH+](C)CCn1c(=O)n(-c2ccc(F)cc2)c(=O)c2c3c(sc21)CCCCC3. The Morgan fingerprint density at radius 2 is 1.79 bits per heavy atom. The molecule has 0 fully saturated rings. The number of nitrogens with one attached hydrogen (secondary N) is 1.